The minimum atomic E-state index is -4.31. The normalized spacial score (nSPS) is 10.5. The van der Waals surface area contributed by atoms with Crippen molar-refractivity contribution in [3.05, 3.63) is 29.8 Å². The van der Waals surface area contributed by atoms with Gasteiger partial charge in [0.25, 0.3) is 0 Å². The van der Waals surface area contributed by atoms with E-state index in [4.69, 9.17) is 5.84 Å². The molecule has 3 N–H and O–H groups in total. The molecule has 0 aliphatic carbocycles. The SMILES string of the molecule is Br.NNc1cccc(C(F)(F)F)c1. The van der Waals surface area contributed by atoms with Gasteiger partial charge in [-0.3, -0.25) is 5.84 Å². The summed E-state index contributed by atoms with van der Waals surface area (Å²) in [6, 6.07) is 4.67. The highest BCUT2D eigenvalue weighted by atomic mass is 79.9. The van der Waals surface area contributed by atoms with E-state index in [9.17, 15) is 13.2 Å². The van der Waals surface area contributed by atoms with Crippen molar-refractivity contribution in [2.45, 2.75) is 6.18 Å². The van der Waals surface area contributed by atoms with Gasteiger partial charge in [0.15, 0.2) is 0 Å². The van der Waals surface area contributed by atoms with Crippen LogP contribution in [0.3, 0.4) is 0 Å². The van der Waals surface area contributed by atoms with E-state index >= 15 is 0 Å². The van der Waals surface area contributed by atoms with Crippen molar-refractivity contribution in [1.82, 2.24) is 0 Å². The smallest absolute Gasteiger partial charge is 0.324 e. The average molecular weight is 257 g/mol. The Morgan fingerprint density at radius 2 is 1.85 bits per heavy atom. The summed E-state index contributed by atoms with van der Waals surface area (Å²) in [6.45, 7) is 0. The van der Waals surface area contributed by atoms with E-state index in [1.807, 2.05) is 0 Å². The van der Waals surface area contributed by atoms with Gasteiger partial charge in [0.05, 0.1) is 5.56 Å². The van der Waals surface area contributed by atoms with Crippen LogP contribution in [0.1, 0.15) is 5.56 Å². The van der Waals surface area contributed by atoms with Gasteiger partial charge in [0.2, 0.25) is 0 Å². The molecule has 1 aromatic carbocycles. The van der Waals surface area contributed by atoms with Gasteiger partial charge in [0.1, 0.15) is 0 Å². The average Bonchev–Trinajstić information content (AvgIpc) is 2.03. The van der Waals surface area contributed by atoms with Crippen LogP contribution in [0.5, 0.6) is 0 Å². The molecule has 0 aliphatic rings. The fraction of sp³-hybridized carbons (Fsp3) is 0.143. The Hall–Kier alpha value is -0.750. The van der Waals surface area contributed by atoms with Crippen molar-refractivity contribution in [3.63, 3.8) is 0 Å². The van der Waals surface area contributed by atoms with Gasteiger partial charge in [-0.1, -0.05) is 6.07 Å². The largest absolute Gasteiger partial charge is 0.416 e. The molecule has 0 aliphatic heterocycles. The quantitative estimate of drug-likeness (QED) is 0.599. The summed E-state index contributed by atoms with van der Waals surface area (Å²) in [6.07, 6.45) is -4.31. The van der Waals surface area contributed by atoms with Crippen molar-refractivity contribution in [3.8, 4) is 0 Å². The van der Waals surface area contributed by atoms with Crippen LogP contribution in [0.25, 0.3) is 0 Å². The van der Waals surface area contributed by atoms with E-state index < -0.39 is 11.7 Å². The molecular formula is C7H8BrF3N2. The lowest BCUT2D eigenvalue weighted by molar-refractivity contribution is -0.137. The van der Waals surface area contributed by atoms with Gasteiger partial charge >= 0.3 is 6.18 Å². The van der Waals surface area contributed by atoms with Crippen molar-refractivity contribution >= 4 is 22.7 Å². The first-order chi connectivity index (χ1) is 5.54. The first kappa shape index (κ1) is 12.2. The molecule has 0 fully saturated rings. The molecule has 6 heteroatoms. The second-order valence-corrected chi connectivity index (χ2v) is 2.22. The highest BCUT2D eigenvalue weighted by Crippen LogP contribution is 2.30. The molecule has 0 saturated carbocycles. The molecule has 0 amide bonds. The predicted octanol–water partition coefficient (Wildman–Crippen LogP) is 2.57. The maximum Gasteiger partial charge on any atom is 0.416 e. The van der Waals surface area contributed by atoms with E-state index in [0.717, 1.165) is 12.1 Å². The minimum Gasteiger partial charge on any atom is -0.324 e. The van der Waals surface area contributed by atoms with Crippen LogP contribution in [-0.4, -0.2) is 0 Å². The Kier molecular flexibility index (Phi) is 4.22. The summed E-state index contributed by atoms with van der Waals surface area (Å²) in [7, 11) is 0. The van der Waals surface area contributed by atoms with Gasteiger partial charge in [-0.15, -0.1) is 17.0 Å². The molecule has 0 bridgehead atoms. The number of hydrogen-bond donors (Lipinski definition) is 2. The number of halogens is 4. The number of hydrazine groups is 1. The Morgan fingerprint density at radius 3 is 2.31 bits per heavy atom. The number of benzene rings is 1. The Bertz CT molecular complexity index is 275. The third-order valence-corrected chi connectivity index (χ3v) is 1.36. The van der Waals surface area contributed by atoms with Gasteiger partial charge in [0, 0.05) is 5.69 Å². The highest BCUT2D eigenvalue weighted by Gasteiger charge is 2.30. The molecule has 0 radical (unpaired) electrons. The lowest BCUT2D eigenvalue weighted by Gasteiger charge is -2.07. The summed E-state index contributed by atoms with van der Waals surface area (Å²) < 4.78 is 36.1. The second-order valence-electron chi connectivity index (χ2n) is 2.22. The Labute approximate surface area is 83.7 Å². The molecule has 74 valence electrons. The molecule has 0 atom stereocenters. The first-order valence-corrected chi connectivity index (χ1v) is 3.18. The van der Waals surface area contributed by atoms with E-state index in [1.165, 1.54) is 12.1 Å². The zero-order chi connectivity index (χ0) is 9.19. The van der Waals surface area contributed by atoms with Crippen LogP contribution in [-0.2, 0) is 6.18 Å². The van der Waals surface area contributed by atoms with E-state index in [-0.39, 0.29) is 22.7 Å². The van der Waals surface area contributed by atoms with Crippen LogP contribution in [0.4, 0.5) is 18.9 Å². The minimum absolute atomic E-state index is 0. The summed E-state index contributed by atoms with van der Waals surface area (Å²) in [5.41, 5.74) is 1.67. The maximum atomic E-state index is 12.0. The molecule has 0 unspecified atom stereocenters. The first-order valence-electron chi connectivity index (χ1n) is 3.18. The van der Waals surface area contributed by atoms with Crippen LogP contribution in [0.2, 0.25) is 0 Å². The Morgan fingerprint density at radius 1 is 1.23 bits per heavy atom. The summed E-state index contributed by atoms with van der Waals surface area (Å²) in [4.78, 5) is 0. The molecule has 0 saturated heterocycles. The predicted molar refractivity (Wildman–Crippen MR) is 49.6 cm³/mol. The topological polar surface area (TPSA) is 38.0 Å². The van der Waals surface area contributed by atoms with Crippen molar-refractivity contribution < 1.29 is 13.2 Å². The fourth-order valence-corrected chi connectivity index (χ4v) is 0.785. The molecule has 2 nitrogen and oxygen atoms in total. The van der Waals surface area contributed by atoms with Crippen molar-refractivity contribution in [2.24, 2.45) is 5.84 Å². The zero-order valence-electron chi connectivity index (χ0n) is 6.43. The van der Waals surface area contributed by atoms with Crippen LogP contribution in [0.15, 0.2) is 24.3 Å². The number of nitrogen functional groups attached to an aromatic ring is 1. The van der Waals surface area contributed by atoms with Crippen LogP contribution >= 0.6 is 17.0 Å². The van der Waals surface area contributed by atoms with Gasteiger partial charge in [-0.2, -0.15) is 13.2 Å². The highest BCUT2D eigenvalue weighted by molar-refractivity contribution is 8.93. The molecule has 1 aromatic rings. The number of anilines is 1. The summed E-state index contributed by atoms with van der Waals surface area (Å²) >= 11 is 0. The molecule has 13 heavy (non-hydrogen) atoms. The number of nitrogens with two attached hydrogens (primary N) is 1. The summed E-state index contributed by atoms with van der Waals surface area (Å²) in [5.74, 6) is 4.94. The summed E-state index contributed by atoms with van der Waals surface area (Å²) in [5, 5.41) is 0. The standard InChI is InChI=1S/C7H7F3N2.BrH/c8-7(9,10)5-2-1-3-6(4-5)12-11;/h1-4,12H,11H2;1H. The van der Waals surface area contributed by atoms with Gasteiger partial charge < -0.3 is 5.43 Å². The van der Waals surface area contributed by atoms with Crippen molar-refractivity contribution in [1.29, 1.82) is 0 Å². The second kappa shape index (κ2) is 4.48. The zero-order valence-corrected chi connectivity index (χ0v) is 8.14. The Balaban J connectivity index is 0.00000144. The number of alkyl halides is 3. The lowest BCUT2D eigenvalue weighted by atomic mass is 10.2. The molecule has 0 aromatic heterocycles. The third-order valence-electron chi connectivity index (χ3n) is 1.36. The number of rotatable bonds is 1. The van der Waals surface area contributed by atoms with E-state index in [1.54, 1.807) is 0 Å². The molecule has 0 heterocycles. The van der Waals surface area contributed by atoms with Crippen molar-refractivity contribution in [2.75, 3.05) is 5.43 Å². The maximum absolute atomic E-state index is 12.0. The van der Waals surface area contributed by atoms with E-state index in [2.05, 4.69) is 5.43 Å². The van der Waals surface area contributed by atoms with Gasteiger partial charge in [-0.05, 0) is 18.2 Å². The monoisotopic (exact) mass is 256 g/mol. The molecule has 0 spiro atoms. The lowest BCUT2D eigenvalue weighted by Crippen LogP contribution is -2.09. The van der Waals surface area contributed by atoms with Crippen LogP contribution in [0, 0.1) is 0 Å². The molecule has 1 rings (SSSR count). The van der Waals surface area contributed by atoms with Gasteiger partial charge in [-0.25, -0.2) is 0 Å². The van der Waals surface area contributed by atoms with E-state index in [0.29, 0.717) is 0 Å². The number of nitrogens with one attached hydrogen (secondary N) is 1. The third kappa shape index (κ3) is 3.23. The van der Waals surface area contributed by atoms with Crippen LogP contribution < -0.4 is 11.3 Å². The fourth-order valence-electron chi connectivity index (χ4n) is 0.785. The molecular weight excluding hydrogens is 249 g/mol. The number of hydrogen-bond acceptors (Lipinski definition) is 2.